The van der Waals surface area contributed by atoms with Crippen LogP contribution in [0.15, 0.2) is 46.0 Å². The van der Waals surface area contributed by atoms with Gasteiger partial charge in [0.05, 0.1) is 13.0 Å². The van der Waals surface area contributed by atoms with Crippen molar-refractivity contribution in [1.82, 2.24) is 14.1 Å². The quantitative estimate of drug-likeness (QED) is 0.658. The van der Waals surface area contributed by atoms with Crippen molar-refractivity contribution in [2.75, 3.05) is 46.4 Å². The highest BCUT2D eigenvalue weighted by Gasteiger charge is 2.36. The Hall–Kier alpha value is -1.94. The van der Waals surface area contributed by atoms with Crippen LogP contribution in [0.4, 0.5) is 0 Å². The second-order valence-corrected chi connectivity index (χ2v) is 11.2. The van der Waals surface area contributed by atoms with Gasteiger partial charge < -0.3 is 9.64 Å². The molecule has 0 radical (unpaired) electrons. The largest absolute Gasteiger partial charge is 0.497 e. The van der Waals surface area contributed by atoms with E-state index in [4.69, 9.17) is 4.74 Å². The molecular formula is C22H29N3O4S2. The van der Waals surface area contributed by atoms with Gasteiger partial charge in [-0.05, 0) is 42.0 Å². The molecule has 2 aliphatic rings. The van der Waals surface area contributed by atoms with Crippen molar-refractivity contribution in [3.05, 3.63) is 47.3 Å². The Labute approximate surface area is 188 Å². The topological polar surface area (TPSA) is 70.2 Å². The lowest BCUT2D eigenvalue weighted by molar-refractivity contribution is -0.138. The van der Waals surface area contributed by atoms with E-state index in [-0.39, 0.29) is 18.4 Å². The molecule has 3 heterocycles. The molecular weight excluding hydrogens is 434 g/mol. The number of nitrogens with zero attached hydrogens (tertiary/aromatic N) is 3. The Kier molecular flexibility index (Phi) is 6.95. The molecule has 2 fully saturated rings. The molecule has 0 bridgehead atoms. The summed E-state index contributed by atoms with van der Waals surface area (Å²) in [5, 5.41) is 1.77. The van der Waals surface area contributed by atoms with E-state index in [9.17, 15) is 13.2 Å². The minimum Gasteiger partial charge on any atom is -0.497 e. The summed E-state index contributed by atoms with van der Waals surface area (Å²) in [6.07, 6.45) is 1.47. The van der Waals surface area contributed by atoms with Crippen LogP contribution in [-0.2, 0) is 21.4 Å². The van der Waals surface area contributed by atoms with Crippen molar-refractivity contribution < 1.29 is 17.9 Å². The average Bonchev–Trinajstić information content (AvgIpc) is 3.36. The van der Waals surface area contributed by atoms with Crippen molar-refractivity contribution in [3.8, 4) is 5.75 Å². The van der Waals surface area contributed by atoms with E-state index in [0.29, 0.717) is 23.8 Å². The Bertz CT molecular complexity index is 969. The molecule has 4 rings (SSSR count). The summed E-state index contributed by atoms with van der Waals surface area (Å²) < 4.78 is 32.7. The monoisotopic (exact) mass is 463 g/mol. The number of ether oxygens (including phenoxy) is 1. The van der Waals surface area contributed by atoms with E-state index in [0.717, 1.165) is 38.2 Å². The smallest absolute Gasteiger partial charge is 0.252 e. The number of piperidine rings is 1. The zero-order valence-electron chi connectivity index (χ0n) is 17.8. The van der Waals surface area contributed by atoms with Gasteiger partial charge in [0.2, 0.25) is 5.91 Å². The first-order valence-corrected chi connectivity index (χ1v) is 13.0. The number of amides is 1. The average molecular weight is 464 g/mol. The van der Waals surface area contributed by atoms with Gasteiger partial charge in [-0.25, -0.2) is 8.42 Å². The van der Waals surface area contributed by atoms with Crippen LogP contribution in [0.25, 0.3) is 0 Å². The molecule has 2 saturated heterocycles. The molecule has 2 aliphatic heterocycles. The standard InChI is InChI=1S/C22H29N3O4S2/c1-29-20-8-6-18(7-9-20)16-23-11-13-24(14-12-23)22(26)19-4-2-10-25(17-19)31(27,28)21-5-3-15-30-21/h3,5-9,15,19H,2,4,10-14,16-17H2,1H3. The van der Waals surface area contributed by atoms with Crippen molar-refractivity contribution in [3.63, 3.8) is 0 Å². The van der Waals surface area contributed by atoms with Crippen LogP contribution in [0.1, 0.15) is 18.4 Å². The molecule has 2 aromatic rings. The van der Waals surface area contributed by atoms with E-state index >= 15 is 0 Å². The second kappa shape index (κ2) is 9.68. The lowest BCUT2D eigenvalue weighted by Crippen LogP contribution is -2.52. The number of piperazine rings is 1. The molecule has 1 amide bonds. The maximum atomic E-state index is 13.1. The van der Waals surface area contributed by atoms with Crippen LogP contribution in [0.2, 0.25) is 0 Å². The highest BCUT2D eigenvalue weighted by molar-refractivity contribution is 7.91. The van der Waals surface area contributed by atoms with E-state index in [1.54, 1.807) is 24.6 Å². The van der Waals surface area contributed by atoms with Crippen molar-refractivity contribution in [1.29, 1.82) is 0 Å². The van der Waals surface area contributed by atoms with Gasteiger partial charge in [0.1, 0.15) is 9.96 Å². The number of rotatable bonds is 6. The molecule has 9 heteroatoms. The molecule has 0 spiro atoms. The number of sulfonamides is 1. The SMILES string of the molecule is COc1ccc(CN2CCN(C(=O)C3CCCN(S(=O)(=O)c4cccs4)C3)CC2)cc1. The van der Waals surface area contributed by atoms with Gasteiger partial charge >= 0.3 is 0 Å². The predicted molar refractivity (Wildman–Crippen MR) is 121 cm³/mol. The molecule has 1 aromatic carbocycles. The van der Waals surface area contributed by atoms with Crippen molar-refractivity contribution in [2.45, 2.75) is 23.6 Å². The van der Waals surface area contributed by atoms with Crippen LogP contribution in [0, 0.1) is 5.92 Å². The second-order valence-electron chi connectivity index (χ2n) is 8.08. The summed E-state index contributed by atoms with van der Waals surface area (Å²) in [7, 11) is -1.84. The molecule has 1 atom stereocenters. The first-order chi connectivity index (χ1) is 15.0. The number of hydrogen-bond acceptors (Lipinski definition) is 6. The molecule has 1 unspecified atom stereocenters. The zero-order chi connectivity index (χ0) is 21.8. The van der Waals surface area contributed by atoms with Gasteiger partial charge in [-0.2, -0.15) is 4.31 Å². The predicted octanol–water partition coefficient (Wildman–Crippen LogP) is 2.50. The molecule has 0 N–H and O–H groups in total. The fraction of sp³-hybridized carbons (Fsp3) is 0.500. The minimum atomic E-state index is -3.50. The molecule has 0 aliphatic carbocycles. The molecule has 0 saturated carbocycles. The van der Waals surface area contributed by atoms with E-state index in [2.05, 4.69) is 17.0 Å². The maximum absolute atomic E-state index is 13.1. The number of methoxy groups -OCH3 is 1. The van der Waals surface area contributed by atoms with E-state index < -0.39 is 10.0 Å². The number of hydrogen-bond donors (Lipinski definition) is 0. The minimum absolute atomic E-state index is 0.0928. The first-order valence-electron chi connectivity index (χ1n) is 10.6. The summed E-state index contributed by atoms with van der Waals surface area (Å²) >= 11 is 1.23. The summed E-state index contributed by atoms with van der Waals surface area (Å²) in [6, 6.07) is 11.5. The maximum Gasteiger partial charge on any atom is 0.252 e. The Morgan fingerprint density at radius 2 is 1.84 bits per heavy atom. The Morgan fingerprint density at radius 1 is 1.10 bits per heavy atom. The van der Waals surface area contributed by atoms with Gasteiger partial charge in [0.15, 0.2) is 0 Å². The molecule has 7 nitrogen and oxygen atoms in total. The van der Waals surface area contributed by atoms with Crippen LogP contribution in [0.5, 0.6) is 5.75 Å². The Morgan fingerprint density at radius 3 is 2.48 bits per heavy atom. The van der Waals surface area contributed by atoms with Crippen LogP contribution < -0.4 is 4.74 Å². The molecule has 168 valence electrons. The fourth-order valence-electron chi connectivity index (χ4n) is 4.27. The number of benzene rings is 1. The lowest BCUT2D eigenvalue weighted by Gasteiger charge is -2.38. The number of carbonyl (C=O) groups excluding carboxylic acids is 1. The fourth-order valence-corrected chi connectivity index (χ4v) is 6.94. The summed E-state index contributed by atoms with van der Waals surface area (Å²) in [6.45, 7) is 4.63. The summed E-state index contributed by atoms with van der Waals surface area (Å²) in [5.41, 5.74) is 1.22. The third-order valence-corrected chi connectivity index (χ3v) is 9.31. The summed E-state index contributed by atoms with van der Waals surface area (Å²) in [5.74, 6) is 0.689. The first kappa shape index (κ1) is 22.3. The van der Waals surface area contributed by atoms with Gasteiger partial charge in [-0.1, -0.05) is 18.2 Å². The van der Waals surface area contributed by atoms with Gasteiger partial charge in [0.25, 0.3) is 10.0 Å². The lowest BCUT2D eigenvalue weighted by atomic mass is 9.97. The van der Waals surface area contributed by atoms with Crippen molar-refractivity contribution >= 4 is 27.3 Å². The zero-order valence-corrected chi connectivity index (χ0v) is 19.4. The molecule has 31 heavy (non-hydrogen) atoms. The molecule has 1 aromatic heterocycles. The van der Waals surface area contributed by atoms with E-state index in [1.807, 2.05) is 17.0 Å². The van der Waals surface area contributed by atoms with Crippen LogP contribution in [0.3, 0.4) is 0 Å². The van der Waals surface area contributed by atoms with Gasteiger partial charge in [-0.3, -0.25) is 9.69 Å². The third kappa shape index (κ3) is 5.11. The van der Waals surface area contributed by atoms with Crippen LogP contribution in [-0.4, -0.2) is 74.8 Å². The van der Waals surface area contributed by atoms with E-state index in [1.165, 1.54) is 21.2 Å². The number of carbonyl (C=O) groups is 1. The van der Waals surface area contributed by atoms with Gasteiger partial charge in [0, 0.05) is 45.8 Å². The van der Waals surface area contributed by atoms with Crippen LogP contribution >= 0.6 is 11.3 Å². The van der Waals surface area contributed by atoms with Gasteiger partial charge in [-0.15, -0.1) is 11.3 Å². The third-order valence-electron chi connectivity index (χ3n) is 6.07. The normalized spacial score (nSPS) is 21.2. The number of thiophene rings is 1. The highest BCUT2D eigenvalue weighted by Crippen LogP contribution is 2.27. The Balaban J connectivity index is 1.31. The highest BCUT2D eigenvalue weighted by atomic mass is 32.2. The van der Waals surface area contributed by atoms with Crippen molar-refractivity contribution in [2.24, 2.45) is 5.92 Å². The summed E-state index contributed by atoms with van der Waals surface area (Å²) in [4.78, 5) is 17.4.